The SMILES string of the molecule is CN(C)C(=O)CN=C(NC1CC1)NC1CCN(c2ccc(Cl)c(F)c2)C1.I. The first-order valence-electron chi connectivity index (χ1n) is 8.90. The van der Waals surface area contributed by atoms with Gasteiger partial charge in [0.05, 0.1) is 5.02 Å². The first kappa shape index (κ1) is 22.0. The maximum atomic E-state index is 13.7. The largest absolute Gasteiger partial charge is 0.369 e. The van der Waals surface area contributed by atoms with Crippen molar-refractivity contribution in [2.45, 2.75) is 31.3 Å². The minimum atomic E-state index is -0.402. The predicted molar refractivity (Wildman–Crippen MR) is 118 cm³/mol. The molecule has 0 aromatic heterocycles. The van der Waals surface area contributed by atoms with E-state index in [2.05, 4.69) is 20.5 Å². The molecule has 1 saturated heterocycles. The van der Waals surface area contributed by atoms with Gasteiger partial charge in [-0.1, -0.05) is 11.6 Å². The Labute approximate surface area is 181 Å². The van der Waals surface area contributed by atoms with Crippen molar-refractivity contribution in [2.75, 3.05) is 38.6 Å². The third-order valence-corrected chi connectivity index (χ3v) is 4.89. The van der Waals surface area contributed by atoms with Gasteiger partial charge < -0.3 is 20.4 Å². The van der Waals surface area contributed by atoms with Crippen LogP contribution in [0.4, 0.5) is 10.1 Å². The van der Waals surface area contributed by atoms with E-state index in [1.54, 1.807) is 20.2 Å². The van der Waals surface area contributed by atoms with E-state index in [0.717, 1.165) is 38.0 Å². The average Bonchev–Trinajstić information content (AvgIpc) is 3.30. The van der Waals surface area contributed by atoms with Crippen molar-refractivity contribution in [1.82, 2.24) is 15.5 Å². The van der Waals surface area contributed by atoms with Crippen LogP contribution in [0.5, 0.6) is 0 Å². The second kappa shape index (κ2) is 9.77. The summed E-state index contributed by atoms with van der Waals surface area (Å²) in [6.07, 6.45) is 3.17. The van der Waals surface area contributed by atoms with Gasteiger partial charge in [-0.05, 0) is 37.5 Å². The number of guanidine groups is 1. The zero-order valence-corrected chi connectivity index (χ0v) is 18.6. The molecule has 1 aliphatic heterocycles. The van der Waals surface area contributed by atoms with Gasteiger partial charge in [0.25, 0.3) is 0 Å². The number of aliphatic imine (C=N–C) groups is 1. The summed E-state index contributed by atoms with van der Waals surface area (Å²) in [5.74, 6) is 0.240. The maximum absolute atomic E-state index is 13.7. The van der Waals surface area contributed by atoms with Gasteiger partial charge in [0.2, 0.25) is 5.91 Å². The monoisotopic (exact) mass is 509 g/mol. The number of carbonyl (C=O) groups is 1. The number of carbonyl (C=O) groups excluding carboxylic acids is 1. The standard InChI is InChI=1S/C18H25ClFN5O.HI/c1-24(2)17(26)10-21-18(22-12-3-4-12)23-13-7-8-25(11-13)14-5-6-15(19)16(20)9-14;/h5-6,9,12-13H,3-4,7-8,10-11H2,1-2H3,(H2,21,22,23);1H. The Morgan fingerprint density at radius 2 is 2.00 bits per heavy atom. The predicted octanol–water partition coefficient (Wildman–Crippen LogP) is 2.46. The Morgan fingerprint density at radius 1 is 1.30 bits per heavy atom. The maximum Gasteiger partial charge on any atom is 0.243 e. The normalized spacial score (nSPS) is 19.5. The molecule has 2 N–H and O–H groups in total. The van der Waals surface area contributed by atoms with Crippen LogP contribution in [-0.4, -0.2) is 62.6 Å². The minimum Gasteiger partial charge on any atom is -0.369 e. The summed E-state index contributed by atoms with van der Waals surface area (Å²) in [6.45, 7) is 1.69. The van der Waals surface area contributed by atoms with Crippen molar-refractivity contribution in [1.29, 1.82) is 0 Å². The Bertz CT molecular complexity index is 698. The highest BCUT2D eigenvalue weighted by Crippen LogP contribution is 2.25. The number of rotatable bonds is 5. The Balaban J connectivity index is 0.00000261. The molecule has 27 heavy (non-hydrogen) atoms. The van der Waals surface area contributed by atoms with E-state index in [9.17, 15) is 9.18 Å². The van der Waals surface area contributed by atoms with Crippen molar-refractivity contribution in [3.8, 4) is 0 Å². The summed E-state index contributed by atoms with van der Waals surface area (Å²) in [4.78, 5) is 19.9. The summed E-state index contributed by atoms with van der Waals surface area (Å²) < 4.78 is 13.7. The fourth-order valence-corrected chi connectivity index (χ4v) is 2.95. The average molecular weight is 510 g/mol. The Kier molecular flexibility index (Phi) is 7.96. The lowest BCUT2D eigenvalue weighted by Gasteiger charge is -2.21. The van der Waals surface area contributed by atoms with Crippen LogP contribution in [0.1, 0.15) is 19.3 Å². The van der Waals surface area contributed by atoms with Gasteiger partial charge in [0, 0.05) is 45.0 Å². The highest BCUT2D eigenvalue weighted by Gasteiger charge is 2.27. The highest BCUT2D eigenvalue weighted by atomic mass is 127. The van der Waals surface area contributed by atoms with Gasteiger partial charge in [-0.25, -0.2) is 9.38 Å². The van der Waals surface area contributed by atoms with Gasteiger partial charge in [-0.2, -0.15) is 0 Å². The lowest BCUT2D eigenvalue weighted by molar-refractivity contribution is -0.127. The molecule has 0 radical (unpaired) electrons. The van der Waals surface area contributed by atoms with Crippen LogP contribution in [0.25, 0.3) is 0 Å². The smallest absolute Gasteiger partial charge is 0.243 e. The molecule has 6 nitrogen and oxygen atoms in total. The molecule has 9 heteroatoms. The van der Waals surface area contributed by atoms with E-state index < -0.39 is 5.82 Å². The number of nitrogens with zero attached hydrogens (tertiary/aromatic N) is 3. The van der Waals surface area contributed by atoms with Gasteiger partial charge in [0.1, 0.15) is 12.4 Å². The Hall–Kier alpha value is -1.29. The second-order valence-corrected chi connectivity index (χ2v) is 7.45. The van der Waals surface area contributed by atoms with Crippen molar-refractivity contribution in [3.05, 3.63) is 29.0 Å². The number of likely N-dealkylation sites (N-methyl/N-ethyl adjacent to an activating group) is 1. The fraction of sp³-hybridized carbons (Fsp3) is 0.556. The van der Waals surface area contributed by atoms with Crippen LogP contribution < -0.4 is 15.5 Å². The topological polar surface area (TPSA) is 60.0 Å². The van der Waals surface area contributed by atoms with Gasteiger partial charge in [-0.15, -0.1) is 24.0 Å². The molecule has 0 bridgehead atoms. The van der Waals surface area contributed by atoms with E-state index >= 15 is 0 Å². The summed E-state index contributed by atoms with van der Waals surface area (Å²) in [7, 11) is 3.44. The third-order valence-electron chi connectivity index (χ3n) is 4.59. The zero-order valence-electron chi connectivity index (χ0n) is 15.5. The van der Waals surface area contributed by atoms with Crippen LogP contribution in [0.15, 0.2) is 23.2 Å². The van der Waals surface area contributed by atoms with Gasteiger partial charge in [-0.3, -0.25) is 4.79 Å². The summed E-state index contributed by atoms with van der Waals surface area (Å²) >= 11 is 5.76. The van der Waals surface area contributed by atoms with Crippen molar-refractivity contribution >= 4 is 53.1 Å². The quantitative estimate of drug-likeness (QED) is 0.364. The van der Waals surface area contributed by atoms with Crippen LogP contribution in [0.2, 0.25) is 5.02 Å². The van der Waals surface area contributed by atoms with E-state index in [0.29, 0.717) is 12.0 Å². The molecule has 1 amide bonds. The molecule has 1 atom stereocenters. The molecule has 1 unspecified atom stereocenters. The van der Waals surface area contributed by atoms with Crippen molar-refractivity contribution < 1.29 is 9.18 Å². The van der Waals surface area contributed by atoms with Crippen LogP contribution >= 0.6 is 35.6 Å². The first-order valence-corrected chi connectivity index (χ1v) is 9.28. The van der Waals surface area contributed by atoms with Gasteiger partial charge in [0.15, 0.2) is 5.96 Å². The summed E-state index contributed by atoms with van der Waals surface area (Å²) in [5, 5.41) is 6.90. The minimum absolute atomic E-state index is 0. The molecule has 1 heterocycles. The number of hydrogen-bond acceptors (Lipinski definition) is 3. The van der Waals surface area contributed by atoms with E-state index in [4.69, 9.17) is 11.6 Å². The van der Waals surface area contributed by atoms with E-state index in [-0.39, 0.29) is 47.5 Å². The third kappa shape index (κ3) is 6.38. The van der Waals surface area contributed by atoms with Crippen LogP contribution in [0, 0.1) is 5.82 Å². The molecule has 1 aromatic rings. The molecular weight excluding hydrogens is 484 g/mol. The van der Waals surface area contributed by atoms with E-state index in [1.165, 1.54) is 11.0 Å². The van der Waals surface area contributed by atoms with Crippen LogP contribution in [-0.2, 0) is 4.79 Å². The summed E-state index contributed by atoms with van der Waals surface area (Å²) in [5.41, 5.74) is 0.827. The fourth-order valence-electron chi connectivity index (χ4n) is 2.83. The molecule has 3 rings (SSSR count). The van der Waals surface area contributed by atoms with E-state index in [1.807, 2.05) is 6.07 Å². The Morgan fingerprint density at radius 3 is 2.63 bits per heavy atom. The molecule has 2 aliphatic rings. The molecule has 1 aliphatic carbocycles. The number of nitrogens with one attached hydrogen (secondary N) is 2. The zero-order chi connectivity index (χ0) is 18.7. The summed E-state index contributed by atoms with van der Waals surface area (Å²) in [6, 6.07) is 5.52. The first-order chi connectivity index (χ1) is 12.4. The highest BCUT2D eigenvalue weighted by molar-refractivity contribution is 14.0. The number of hydrogen-bond donors (Lipinski definition) is 2. The number of benzene rings is 1. The molecular formula is C18H26ClFIN5O. The molecule has 1 aromatic carbocycles. The number of anilines is 1. The number of halogens is 3. The molecule has 0 spiro atoms. The van der Waals surface area contributed by atoms with Gasteiger partial charge >= 0.3 is 0 Å². The number of amides is 1. The van der Waals surface area contributed by atoms with Crippen molar-refractivity contribution in [3.63, 3.8) is 0 Å². The van der Waals surface area contributed by atoms with Crippen LogP contribution in [0.3, 0.4) is 0 Å². The molecule has 2 fully saturated rings. The lowest BCUT2D eigenvalue weighted by atomic mass is 10.2. The second-order valence-electron chi connectivity index (χ2n) is 7.05. The lowest BCUT2D eigenvalue weighted by Crippen LogP contribution is -2.46. The molecule has 150 valence electrons. The molecule has 1 saturated carbocycles. The van der Waals surface area contributed by atoms with Crippen molar-refractivity contribution in [2.24, 2.45) is 4.99 Å².